The summed E-state index contributed by atoms with van der Waals surface area (Å²) in [6, 6.07) is 16.4. The smallest absolute Gasteiger partial charge is 0.291 e. The number of aromatic nitrogens is 2. The molecule has 0 fully saturated rings. The molecule has 1 N–H and O–H groups in total. The van der Waals surface area contributed by atoms with Crippen LogP contribution >= 0.6 is 11.6 Å². The second-order valence-corrected chi connectivity index (χ2v) is 7.67. The van der Waals surface area contributed by atoms with Crippen molar-refractivity contribution in [2.24, 2.45) is 0 Å². The van der Waals surface area contributed by atoms with Gasteiger partial charge in [-0.2, -0.15) is 5.10 Å². The molecule has 2 aromatic carbocycles. The lowest BCUT2D eigenvalue weighted by Crippen LogP contribution is -2.10. The Bertz CT molecular complexity index is 1210. The zero-order valence-electron chi connectivity index (χ0n) is 17.7. The van der Waals surface area contributed by atoms with Crippen LogP contribution in [0.1, 0.15) is 27.4 Å². The van der Waals surface area contributed by atoms with Crippen molar-refractivity contribution >= 4 is 23.2 Å². The Hall–Kier alpha value is -3.71. The van der Waals surface area contributed by atoms with Crippen molar-refractivity contribution in [2.45, 2.75) is 27.2 Å². The summed E-state index contributed by atoms with van der Waals surface area (Å²) >= 11 is 5.95. The van der Waals surface area contributed by atoms with Gasteiger partial charge in [-0.3, -0.25) is 4.79 Å². The van der Waals surface area contributed by atoms with Crippen LogP contribution in [0.4, 0.5) is 5.69 Å². The third-order valence-corrected chi connectivity index (χ3v) is 4.94. The van der Waals surface area contributed by atoms with Crippen LogP contribution in [-0.2, 0) is 13.3 Å². The molecular formula is C24H22ClN3O4. The molecule has 0 saturated heterocycles. The van der Waals surface area contributed by atoms with Gasteiger partial charge < -0.3 is 19.2 Å². The van der Waals surface area contributed by atoms with E-state index in [1.54, 1.807) is 47.3 Å². The number of benzene rings is 2. The molecule has 0 spiro atoms. The number of halogens is 1. The number of hydrogen-bond donors (Lipinski definition) is 1. The lowest BCUT2D eigenvalue weighted by atomic mass is 10.1. The van der Waals surface area contributed by atoms with Gasteiger partial charge in [0.05, 0.1) is 18.1 Å². The van der Waals surface area contributed by atoms with Gasteiger partial charge in [0, 0.05) is 5.02 Å². The Morgan fingerprint density at radius 3 is 2.66 bits per heavy atom. The van der Waals surface area contributed by atoms with Gasteiger partial charge in [0.25, 0.3) is 5.91 Å². The second-order valence-electron chi connectivity index (χ2n) is 7.23. The highest BCUT2D eigenvalue weighted by molar-refractivity contribution is 6.30. The Kier molecular flexibility index (Phi) is 6.47. The average molecular weight is 452 g/mol. The summed E-state index contributed by atoms with van der Waals surface area (Å²) in [5.74, 6) is 1.82. The molecule has 7 nitrogen and oxygen atoms in total. The fourth-order valence-corrected chi connectivity index (χ4v) is 3.32. The molecule has 164 valence electrons. The van der Waals surface area contributed by atoms with Crippen LogP contribution in [0.2, 0.25) is 5.02 Å². The molecule has 0 atom stereocenters. The third kappa shape index (κ3) is 5.31. The van der Waals surface area contributed by atoms with E-state index in [9.17, 15) is 4.79 Å². The number of ether oxygens (including phenoxy) is 2. The lowest BCUT2D eigenvalue weighted by Gasteiger charge is -2.10. The van der Waals surface area contributed by atoms with Crippen molar-refractivity contribution < 1.29 is 18.7 Å². The van der Waals surface area contributed by atoms with Gasteiger partial charge in [-0.25, -0.2) is 4.68 Å². The van der Waals surface area contributed by atoms with E-state index in [-0.39, 0.29) is 25.0 Å². The van der Waals surface area contributed by atoms with E-state index >= 15 is 0 Å². The van der Waals surface area contributed by atoms with Gasteiger partial charge >= 0.3 is 0 Å². The maximum absolute atomic E-state index is 12.5. The van der Waals surface area contributed by atoms with E-state index in [4.69, 9.17) is 25.5 Å². The van der Waals surface area contributed by atoms with Crippen LogP contribution < -0.4 is 14.8 Å². The summed E-state index contributed by atoms with van der Waals surface area (Å²) in [6.45, 7) is 4.39. The number of carbonyl (C=O) groups excluding carboxylic acids is 1. The minimum Gasteiger partial charge on any atom is -0.485 e. The number of aryl methyl sites for hydroxylation is 2. The number of nitrogens with zero attached hydrogens (tertiary/aromatic N) is 2. The van der Waals surface area contributed by atoms with Crippen molar-refractivity contribution in [2.75, 3.05) is 5.32 Å². The monoisotopic (exact) mass is 451 g/mol. The van der Waals surface area contributed by atoms with Crippen LogP contribution in [0.5, 0.6) is 11.5 Å². The summed E-state index contributed by atoms with van der Waals surface area (Å²) < 4.78 is 18.7. The summed E-state index contributed by atoms with van der Waals surface area (Å²) in [5.41, 5.74) is 2.62. The first-order valence-electron chi connectivity index (χ1n) is 9.98. The third-order valence-electron chi connectivity index (χ3n) is 4.70. The molecule has 2 aromatic heterocycles. The lowest BCUT2D eigenvalue weighted by molar-refractivity contribution is 0.0992. The van der Waals surface area contributed by atoms with E-state index < -0.39 is 0 Å². The SMILES string of the molecule is Cc1cccc(C)c1OCc1ccc(C(=O)Nc2cnn(COc3cccc(Cl)c3)c2)o1. The molecule has 0 aliphatic rings. The Labute approximate surface area is 190 Å². The molecule has 0 saturated carbocycles. The van der Waals surface area contributed by atoms with E-state index in [0.717, 1.165) is 16.9 Å². The Morgan fingerprint density at radius 1 is 1.09 bits per heavy atom. The van der Waals surface area contributed by atoms with Gasteiger partial charge in [0.2, 0.25) is 0 Å². The predicted molar refractivity (Wildman–Crippen MR) is 121 cm³/mol. The number of furan rings is 1. The fraction of sp³-hybridized carbons (Fsp3) is 0.167. The largest absolute Gasteiger partial charge is 0.485 e. The summed E-state index contributed by atoms with van der Waals surface area (Å²) in [7, 11) is 0. The van der Waals surface area contributed by atoms with Crippen molar-refractivity contribution in [1.29, 1.82) is 0 Å². The van der Waals surface area contributed by atoms with Gasteiger partial charge in [-0.05, 0) is 55.3 Å². The van der Waals surface area contributed by atoms with Crippen molar-refractivity contribution in [3.63, 3.8) is 0 Å². The van der Waals surface area contributed by atoms with Gasteiger partial charge in [0.15, 0.2) is 12.5 Å². The van der Waals surface area contributed by atoms with Crippen molar-refractivity contribution in [3.8, 4) is 11.5 Å². The molecule has 2 heterocycles. The topological polar surface area (TPSA) is 78.5 Å². The van der Waals surface area contributed by atoms with Crippen LogP contribution in [0, 0.1) is 13.8 Å². The van der Waals surface area contributed by atoms with E-state index in [1.165, 1.54) is 6.20 Å². The summed E-state index contributed by atoms with van der Waals surface area (Å²) in [4.78, 5) is 12.5. The molecule has 0 aliphatic carbocycles. The number of carbonyl (C=O) groups is 1. The molecular weight excluding hydrogens is 430 g/mol. The Balaban J connectivity index is 1.31. The molecule has 0 unspecified atom stereocenters. The predicted octanol–water partition coefficient (Wildman–Crippen LogP) is 5.61. The zero-order chi connectivity index (χ0) is 22.5. The highest BCUT2D eigenvalue weighted by atomic mass is 35.5. The minimum absolute atomic E-state index is 0.177. The van der Waals surface area contributed by atoms with Crippen LogP contribution in [0.25, 0.3) is 0 Å². The van der Waals surface area contributed by atoms with E-state index in [1.807, 2.05) is 32.0 Å². The number of nitrogens with one attached hydrogen (secondary N) is 1. The molecule has 32 heavy (non-hydrogen) atoms. The van der Waals surface area contributed by atoms with E-state index in [0.29, 0.717) is 22.2 Å². The first kappa shape index (κ1) is 21.5. The zero-order valence-corrected chi connectivity index (χ0v) is 18.4. The number of rotatable bonds is 8. The van der Waals surface area contributed by atoms with Gasteiger partial charge in [0.1, 0.15) is 23.9 Å². The average Bonchev–Trinajstić information content (AvgIpc) is 3.42. The number of amides is 1. The molecule has 4 rings (SSSR count). The first-order chi connectivity index (χ1) is 15.5. The maximum Gasteiger partial charge on any atom is 0.291 e. The first-order valence-corrected chi connectivity index (χ1v) is 10.4. The van der Waals surface area contributed by atoms with Crippen LogP contribution in [0.3, 0.4) is 0 Å². The molecule has 0 radical (unpaired) electrons. The van der Waals surface area contributed by atoms with Crippen molar-refractivity contribution in [3.05, 3.63) is 94.7 Å². The summed E-state index contributed by atoms with van der Waals surface area (Å²) in [5, 5.41) is 7.53. The normalized spacial score (nSPS) is 10.7. The van der Waals surface area contributed by atoms with Crippen LogP contribution in [-0.4, -0.2) is 15.7 Å². The van der Waals surface area contributed by atoms with E-state index in [2.05, 4.69) is 10.4 Å². The minimum atomic E-state index is -0.376. The standard InChI is InChI=1S/C24H22ClN3O4/c1-16-5-3-6-17(2)23(16)30-14-21-9-10-22(32-21)24(29)27-19-12-26-28(13-19)15-31-20-8-4-7-18(25)11-20/h3-13H,14-15H2,1-2H3,(H,27,29). The molecule has 4 aromatic rings. The maximum atomic E-state index is 12.5. The Morgan fingerprint density at radius 2 is 1.88 bits per heavy atom. The number of anilines is 1. The number of para-hydroxylation sites is 1. The second kappa shape index (κ2) is 9.62. The molecule has 0 aliphatic heterocycles. The molecule has 8 heteroatoms. The fourth-order valence-electron chi connectivity index (χ4n) is 3.14. The molecule has 0 bridgehead atoms. The van der Waals surface area contributed by atoms with Crippen molar-refractivity contribution in [1.82, 2.24) is 9.78 Å². The quantitative estimate of drug-likeness (QED) is 0.376. The van der Waals surface area contributed by atoms with Gasteiger partial charge in [-0.15, -0.1) is 0 Å². The summed E-state index contributed by atoms with van der Waals surface area (Å²) in [6.07, 6.45) is 3.20. The number of hydrogen-bond acceptors (Lipinski definition) is 5. The van der Waals surface area contributed by atoms with Gasteiger partial charge in [-0.1, -0.05) is 35.9 Å². The highest BCUT2D eigenvalue weighted by Crippen LogP contribution is 2.24. The van der Waals surface area contributed by atoms with Crippen LogP contribution in [0.15, 0.2) is 71.4 Å². The highest BCUT2D eigenvalue weighted by Gasteiger charge is 2.14. The molecule has 1 amide bonds.